The Morgan fingerprint density at radius 1 is 1.23 bits per heavy atom. The van der Waals surface area contributed by atoms with Crippen molar-refractivity contribution in [1.82, 2.24) is 5.32 Å². The third-order valence-corrected chi connectivity index (χ3v) is 4.22. The van der Waals surface area contributed by atoms with Crippen LogP contribution in [0, 0.1) is 5.92 Å². The van der Waals surface area contributed by atoms with Gasteiger partial charge in [-0.2, -0.15) is 13.2 Å². The van der Waals surface area contributed by atoms with Crippen molar-refractivity contribution in [2.75, 3.05) is 13.6 Å². The van der Waals surface area contributed by atoms with Gasteiger partial charge in [0.15, 0.2) is 0 Å². The zero-order valence-corrected chi connectivity index (χ0v) is 13.2. The monoisotopic (exact) mass is 329 g/mol. The van der Waals surface area contributed by atoms with Gasteiger partial charge in [-0.25, -0.2) is 0 Å². The van der Waals surface area contributed by atoms with Gasteiger partial charge in [0, 0.05) is 17.3 Å². The molecular weight excluding hydrogens is 311 g/mol. The van der Waals surface area contributed by atoms with Gasteiger partial charge in [-0.15, -0.1) is 11.3 Å². The molecular formula is C16H18F3NOS. The lowest BCUT2D eigenvalue weighted by atomic mass is 10.0. The van der Waals surface area contributed by atoms with Crippen LogP contribution in [0.15, 0.2) is 41.8 Å². The maximum Gasteiger partial charge on any atom is 0.416 e. The quantitative estimate of drug-likeness (QED) is 0.826. The fourth-order valence-corrected chi connectivity index (χ4v) is 3.12. The van der Waals surface area contributed by atoms with Crippen LogP contribution in [-0.2, 0) is 6.18 Å². The Morgan fingerprint density at radius 3 is 2.59 bits per heavy atom. The van der Waals surface area contributed by atoms with E-state index in [9.17, 15) is 13.2 Å². The number of rotatable bonds is 6. The Morgan fingerprint density at radius 2 is 2.00 bits per heavy atom. The lowest BCUT2D eigenvalue weighted by Crippen LogP contribution is -2.25. The Labute approximate surface area is 131 Å². The van der Waals surface area contributed by atoms with Gasteiger partial charge in [0.05, 0.1) is 5.56 Å². The molecule has 120 valence electrons. The Hall–Kier alpha value is -1.53. The van der Waals surface area contributed by atoms with Crippen LogP contribution in [0.3, 0.4) is 0 Å². The van der Waals surface area contributed by atoms with Crippen LogP contribution in [0.2, 0.25) is 0 Å². The molecule has 1 aromatic carbocycles. The summed E-state index contributed by atoms with van der Waals surface area (Å²) in [5.74, 6) is 0.356. The van der Waals surface area contributed by atoms with Gasteiger partial charge in [-0.1, -0.05) is 19.1 Å². The average Bonchev–Trinajstić information content (AvgIpc) is 2.98. The largest absolute Gasteiger partial charge is 0.485 e. The maximum absolute atomic E-state index is 12.8. The van der Waals surface area contributed by atoms with Crippen LogP contribution in [0.5, 0.6) is 5.75 Å². The smallest absolute Gasteiger partial charge is 0.416 e. The summed E-state index contributed by atoms with van der Waals surface area (Å²) in [5.41, 5.74) is -0.698. The molecule has 2 aromatic rings. The van der Waals surface area contributed by atoms with E-state index in [4.69, 9.17) is 4.74 Å². The minimum Gasteiger partial charge on any atom is -0.485 e. The molecule has 6 heteroatoms. The third kappa shape index (κ3) is 4.24. The lowest BCUT2D eigenvalue weighted by molar-refractivity contribution is -0.137. The number of hydrogen-bond acceptors (Lipinski definition) is 3. The molecule has 0 aliphatic carbocycles. The van der Waals surface area contributed by atoms with Gasteiger partial charge >= 0.3 is 6.18 Å². The first-order valence-corrected chi connectivity index (χ1v) is 7.81. The molecule has 0 fully saturated rings. The van der Waals surface area contributed by atoms with Gasteiger partial charge in [-0.05, 0) is 36.7 Å². The zero-order valence-electron chi connectivity index (χ0n) is 12.4. The van der Waals surface area contributed by atoms with Crippen molar-refractivity contribution in [3.05, 3.63) is 52.2 Å². The Balaban J connectivity index is 2.24. The highest BCUT2D eigenvalue weighted by atomic mass is 32.1. The van der Waals surface area contributed by atoms with Gasteiger partial charge < -0.3 is 10.1 Å². The van der Waals surface area contributed by atoms with E-state index in [0.717, 1.165) is 17.0 Å². The standard InChI is InChI=1S/C16H18F3NOS/c1-11(10-20-2)15(14-7-4-8-22-14)21-13-6-3-5-12(9-13)16(17,18)19/h3-9,11,15,20H,10H2,1-2H3. The van der Waals surface area contributed by atoms with Crippen molar-refractivity contribution in [3.63, 3.8) is 0 Å². The second-order valence-electron chi connectivity index (χ2n) is 5.11. The van der Waals surface area contributed by atoms with Crippen molar-refractivity contribution in [2.45, 2.75) is 19.2 Å². The van der Waals surface area contributed by atoms with E-state index in [1.54, 1.807) is 6.07 Å². The molecule has 0 radical (unpaired) electrons. The summed E-state index contributed by atoms with van der Waals surface area (Å²) in [6, 6.07) is 8.87. The van der Waals surface area contributed by atoms with E-state index in [-0.39, 0.29) is 17.8 Å². The molecule has 1 aromatic heterocycles. The molecule has 1 N–H and O–H groups in total. The van der Waals surface area contributed by atoms with Crippen LogP contribution < -0.4 is 10.1 Å². The third-order valence-electron chi connectivity index (χ3n) is 3.29. The van der Waals surface area contributed by atoms with Gasteiger partial charge in [0.1, 0.15) is 11.9 Å². The summed E-state index contributed by atoms with van der Waals surface area (Å²) in [5, 5.41) is 5.01. The number of hydrogen-bond donors (Lipinski definition) is 1. The molecule has 0 spiro atoms. The van der Waals surface area contributed by atoms with Crippen molar-refractivity contribution in [2.24, 2.45) is 5.92 Å². The predicted octanol–water partition coefficient (Wildman–Crippen LogP) is 4.74. The van der Waals surface area contributed by atoms with E-state index < -0.39 is 11.7 Å². The first-order valence-electron chi connectivity index (χ1n) is 6.93. The van der Waals surface area contributed by atoms with Crippen LogP contribution in [0.4, 0.5) is 13.2 Å². The molecule has 2 atom stereocenters. The van der Waals surface area contributed by atoms with E-state index in [2.05, 4.69) is 5.32 Å². The number of benzene rings is 1. The van der Waals surface area contributed by atoms with Gasteiger partial charge in [-0.3, -0.25) is 0 Å². The molecule has 1 heterocycles. The normalized spacial score (nSPS) is 14.6. The van der Waals surface area contributed by atoms with Crippen molar-refractivity contribution >= 4 is 11.3 Å². The first kappa shape index (κ1) is 16.8. The van der Waals surface area contributed by atoms with Crippen molar-refractivity contribution in [1.29, 1.82) is 0 Å². The SMILES string of the molecule is CNCC(C)C(Oc1cccc(C(F)(F)F)c1)c1cccs1. The second-order valence-corrected chi connectivity index (χ2v) is 6.09. The maximum atomic E-state index is 12.8. The Kier molecular flexibility index (Phi) is 5.47. The lowest BCUT2D eigenvalue weighted by Gasteiger charge is -2.24. The molecule has 2 unspecified atom stereocenters. The molecule has 0 aliphatic heterocycles. The fraction of sp³-hybridized carbons (Fsp3) is 0.375. The van der Waals surface area contributed by atoms with Crippen molar-refractivity contribution in [3.8, 4) is 5.75 Å². The Bertz CT molecular complexity index is 583. The molecule has 0 saturated carbocycles. The molecule has 2 rings (SSSR count). The number of alkyl halides is 3. The summed E-state index contributed by atoms with van der Waals surface area (Å²) in [6.07, 6.45) is -4.65. The fourth-order valence-electron chi connectivity index (χ4n) is 2.23. The number of nitrogens with one attached hydrogen (secondary N) is 1. The van der Waals surface area contributed by atoms with Crippen LogP contribution in [0.25, 0.3) is 0 Å². The molecule has 0 aliphatic rings. The van der Waals surface area contributed by atoms with Gasteiger partial charge in [0.2, 0.25) is 0 Å². The highest BCUT2D eigenvalue weighted by Crippen LogP contribution is 2.35. The topological polar surface area (TPSA) is 21.3 Å². The van der Waals surface area contributed by atoms with Crippen molar-refractivity contribution < 1.29 is 17.9 Å². The van der Waals surface area contributed by atoms with E-state index in [1.807, 2.05) is 31.5 Å². The summed E-state index contributed by atoms with van der Waals surface area (Å²) in [4.78, 5) is 1.00. The summed E-state index contributed by atoms with van der Waals surface area (Å²) < 4.78 is 44.3. The molecule has 0 saturated heterocycles. The summed E-state index contributed by atoms with van der Waals surface area (Å²) >= 11 is 1.54. The first-order chi connectivity index (χ1) is 10.4. The molecule has 0 amide bonds. The number of ether oxygens (including phenoxy) is 1. The number of halogens is 3. The van der Waals surface area contributed by atoms with Crippen LogP contribution in [0.1, 0.15) is 23.5 Å². The number of thiophene rings is 1. The summed E-state index contributed by atoms with van der Waals surface area (Å²) in [6.45, 7) is 2.72. The van der Waals surface area contributed by atoms with Crippen LogP contribution >= 0.6 is 11.3 Å². The molecule has 0 bridgehead atoms. The average molecular weight is 329 g/mol. The highest BCUT2D eigenvalue weighted by Gasteiger charge is 2.31. The molecule has 2 nitrogen and oxygen atoms in total. The second kappa shape index (κ2) is 7.15. The van der Waals surface area contributed by atoms with E-state index in [0.29, 0.717) is 6.54 Å². The highest BCUT2D eigenvalue weighted by molar-refractivity contribution is 7.10. The molecule has 22 heavy (non-hydrogen) atoms. The predicted molar refractivity (Wildman–Crippen MR) is 82.2 cm³/mol. The van der Waals surface area contributed by atoms with E-state index >= 15 is 0 Å². The zero-order chi connectivity index (χ0) is 16.2. The summed E-state index contributed by atoms with van der Waals surface area (Å²) in [7, 11) is 1.84. The minimum absolute atomic E-state index is 0.123. The van der Waals surface area contributed by atoms with Crippen LogP contribution in [-0.4, -0.2) is 13.6 Å². The van der Waals surface area contributed by atoms with E-state index in [1.165, 1.54) is 17.4 Å². The van der Waals surface area contributed by atoms with Gasteiger partial charge in [0.25, 0.3) is 0 Å². The minimum atomic E-state index is -4.37.